The van der Waals surface area contributed by atoms with E-state index >= 15 is 0 Å². The van der Waals surface area contributed by atoms with E-state index in [-0.39, 0.29) is 5.57 Å². The van der Waals surface area contributed by atoms with Crippen LogP contribution in [0.25, 0.3) is 47.8 Å². The molecule has 4 aromatic carbocycles. The molecule has 0 saturated heterocycles. The lowest BCUT2D eigenvalue weighted by molar-refractivity contribution is 1.31. The van der Waals surface area contributed by atoms with Crippen LogP contribution >= 0.6 is 22.7 Å². The zero-order valence-corrected chi connectivity index (χ0v) is 21.1. The van der Waals surface area contributed by atoms with Gasteiger partial charge >= 0.3 is 0 Å². The molecule has 0 atom stereocenters. The molecule has 0 N–H and O–H groups in total. The van der Waals surface area contributed by atoms with Crippen molar-refractivity contribution in [3.05, 3.63) is 108 Å². The lowest BCUT2D eigenvalue weighted by Gasteiger charge is -2.32. The summed E-state index contributed by atoms with van der Waals surface area (Å²) < 4.78 is 1.28. The highest BCUT2D eigenvalue weighted by Crippen LogP contribution is 2.57. The van der Waals surface area contributed by atoms with Crippen molar-refractivity contribution in [1.29, 1.82) is 10.5 Å². The summed E-state index contributed by atoms with van der Waals surface area (Å²) in [7, 11) is 0. The fraction of sp³-hybridized carbons (Fsp3) is 0. The summed E-state index contributed by atoms with van der Waals surface area (Å²) in [5.41, 5.74) is 6.07. The van der Waals surface area contributed by atoms with E-state index in [1.54, 1.807) is 17.4 Å². The van der Waals surface area contributed by atoms with Gasteiger partial charge in [0.2, 0.25) is 0 Å². The number of hydrogen-bond donors (Lipinski definition) is 0. The molecule has 1 aliphatic heterocycles. The number of fused-ring (bicyclic) bond motifs is 4. The summed E-state index contributed by atoms with van der Waals surface area (Å²) in [5, 5.41) is 22.0. The maximum atomic E-state index is 9.16. The monoisotopic (exact) mass is 507 g/mol. The zero-order chi connectivity index (χ0) is 24.9. The standard InChI is InChI=1S/C32H17N3S2/c33-18-20(19-34)17-22-13-16-29(36-22)23-14-15-27-30-24(23)10-6-11-26(30)32-31(25-9-4-5-12-28(25)37-32)35(27)21-7-2-1-3-8-21/h1-17H. The van der Waals surface area contributed by atoms with Crippen LogP contribution in [0.2, 0.25) is 0 Å². The first kappa shape index (κ1) is 21.6. The highest BCUT2D eigenvalue weighted by molar-refractivity contribution is 7.23. The van der Waals surface area contributed by atoms with E-state index in [4.69, 9.17) is 10.5 Å². The average Bonchev–Trinajstić information content (AvgIpc) is 3.58. The molecule has 172 valence electrons. The van der Waals surface area contributed by atoms with Crippen LogP contribution in [-0.4, -0.2) is 0 Å². The molecule has 3 heterocycles. The molecular weight excluding hydrogens is 491 g/mol. The van der Waals surface area contributed by atoms with Gasteiger partial charge in [0.25, 0.3) is 0 Å². The first-order valence-electron chi connectivity index (χ1n) is 11.8. The number of thiophene rings is 2. The van der Waals surface area contributed by atoms with E-state index in [9.17, 15) is 0 Å². The number of rotatable bonds is 3. The normalized spacial score (nSPS) is 11.7. The number of para-hydroxylation sites is 1. The Bertz CT molecular complexity index is 1950. The predicted octanol–water partition coefficient (Wildman–Crippen LogP) is 9.66. The topological polar surface area (TPSA) is 50.8 Å². The van der Waals surface area contributed by atoms with Gasteiger partial charge in [-0.1, -0.05) is 60.7 Å². The number of nitrogens with zero attached hydrogens (tertiary/aromatic N) is 3. The van der Waals surface area contributed by atoms with Gasteiger partial charge in [0.1, 0.15) is 17.7 Å². The zero-order valence-electron chi connectivity index (χ0n) is 19.5. The first-order chi connectivity index (χ1) is 18.3. The van der Waals surface area contributed by atoms with Crippen molar-refractivity contribution in [2.45, 2.75) is 0 Å². The molecular formula is C32H17N3S2. The van der Waals surface area contributed by atoms with E-state index in [1.807, 2.05) is 29.5 Å². The van der Waals surface area contributed by atoms with Gasteiger partial charge in [-0.25, -0.2) is 0 Å². The molecule has 5 heteroatoms. The van der Waals surface area contributed by atoms with Crippen LogP contribution in [0.1, 0.15) is 4.88 Å². The Balaban J connectivity index is 1.52. The fourth-order valence-corrected chi connectivity index (χ4v) is 7.40. The Labute approximate surface area is 222 Å². The molecule has 3 nitrogen and oxygen atoms in total. The number of anilines is 3. The second-order valence-corrected chi connectivity index (χ2v) is 11.0. The summed E-state index contributed by atoms with van der Waals surface area (Å²) in [6.45, 7) is 0. The van der Waals surface area contributed by atoms with Gasteiger partial charge in [0.15, 0.2) is 0 Å². The Morgan fingerprint density at radius 3 is 2.32 bits per heavy atom. The van der Waals surface area contributed by atoms with Crippen molar-refractivity contribution in [3.8, 4) is 33.0 Å². The third-order valence-electron chi connectivity index (χ3n) is 6.73. The van der Waals surface area contributed by atoms with Gasteiger partial charge in [-0.2, -0.15) is 10.5 Å². The summed E-state index contributed by atoms with van der Waals surface area (Å²) in [6.07, 6.45) is 1.65. The van der Waals surface area contributed by atoms with Gasteiger partial charge < -0.3 is 4.90 Å². The maximum absolute atomic E-state index is 9.16. The van der Waals surface area contributed by atoms with Crippen LogP contribution in [-0.2, 0) is 0 Å². The minimum absolute atomic E-state index is 0.112. The lowest BCUT2D eigenvalue weighted by atomic mass is 9.92. The largest absolute Gasteiger partial charge is 0.308 e. The molecule has 0 bridgehead atoms. The number of allylic oxidation sites excluding steroid dienone is 1. The van der Waals surface area contributed by atoms with Crippen LogP contribution < -0.4 is 4.90 Å². The Hall–Kier alpha value is -4.68. The van der Waals surface area contributed by atoms with Crippen LogP contribution in [0.4, 0.5) is 17.1 Å². The predicted molar refractivity (Wildman–Crippen MR) is 156 cm³/mol. The van der Waals surface area contributed by atoms with Gasteiger partial charge in [0, 0.05) is 36.5 Å². The molecule has 0 aliphatic carbocycles. The van der Waals surface area contributed by atoms with Crippen LogP contribution in [0.5, 0.6) is 0 Å². The summed E-state index contributed by atoms with van der Waals surface area (Å²) in [6, 6.07) is 38.2. The third-order valence-corrected chi connectivity index (χ3v) is 8.99. The van der Waals surface area contributed by atoms with E-state index in [2.05, 4.69) is 95.9 Å². The third kappa shape index (κ3) is 3.30. The molecule has 37 heavy (non-hydrogen) atoms. The first-order valence-corrected chi connectivity index (χ1v) is 13.4. The molecule has 0 fully saturated rings. The maximum Gasteiger partial charge on any atom is 0.131 e. The van der Waals surface area contributed by atoms with Gasteiger partial charge in [-0.05, 0) is 53.4 Å². The molecule has 2 aromatic heterocycles. The number of nitriles is 2. The smallest absolute Gasteiger partial charge is 0.131 e. The van der Waals surface area contributed by atoms with Crippen molar-refractivity contribution < 1.29 is 0 Å². The van der Waals surface area contributed by atoms with Gasteiger partial charge in [-0.3, -0.25) is 0 Å². The molecule has 0 spiro atoms. The Kier molecular flexibility index (Phi) is 4.94. The van der Waals surface area contributed by atoms with Gasteiger partial charge in [-0.15, -0.1) is 22.7 Å². The van der Waals surface area contributed by atoms with Crippen LogP contribution in [0, 0.1) is 22.7 Å². The quantitative estimate of drug-likeness (QED) is 0.224. The molecule has 0 amide bonds. The highest BCUT2D eigenvalue weighted by Gasteiger charge is 2.30. The molecule has 0 unspecified atom stereocenters. The molecule has 0 saturated carbocycles. The minimum atomic E-state index is 0.112. The minimum Gasteiger partial charge on any atom is -0.308 e. The van der Waals surface area contributed by atoms with Crippen molar-refractivity contribution in [2.75, 3.05) is 4.90 Å². The summed E-state index contributed by atoms with van der Waals surface area (Å²) in [4.78, 5) is 5.69. The number of benzene rings is 4. The SMILES string of the molecule is N#CC(C#N)=Cc1ccc(-c2ccc3c4c(cccc24)-c2sc4ccccc4c2N3c2ccccc2)s1. The molecule has 0 radical (unpaired) electrons. The second kappa shape index (κ2) is 8.47. The second-order valence-electron chi connectivity index (χ2n) is 8.79. The Morgan fingerprint density at radius 1 is 0.703 bits per heavy atom. The van der Waals surface area contributed by atoms with Crippen molar-refractivity contribution in [1.82, 2.24) is 0 Å². The van der Waals surface area contributed by atoms with Crippen molar-refractivity contribution in [3.63, 3.8) is 0 Å². The van der Waals surface area contributed by atoms with Crippen LogP contribution in [0.15, 0.2) is 103 Å². The molecule has 7 rings (SSSR count). The summed E-state index contributed by atoms with van der Waals surface area (Å²) in [5.74, 6) is 0. The fourth-order valence-electron chi connectivity index (χ4n) is 5.19. The van der Waals surface area contributed by atoms with Crippen LogP contribution in [0.3, 0.4) is 0 Å². The van der Waals surface area contributed by atoms with E-state index in [1.165, 1.54) is 42.7 Å². The van der Waals surface area contributed by atoms with E-state index in [0.29, 0.717) is 0 Å². The summed E-state index contributed by atoms with van der Waals surface area (Å²) >= 11 is 3.44. The molecule has 6 aromatic rings. The van der Waals surface area contributed by atoms with Crippen molar-refractivity contribution in [2.24, 2.45) is 0 Å². The van der Waals surface area contributed by atoms with Gasteiger partial charge in [0.05, 0.1) is 16.3 Å². The van der Waals surface area contributed by atoms with Crippen molar-refractivity contribution >= 4 is 66.7 Å². The number of hydrogen-bond acceptors (Lipinski definition) is 5. The highest BCUT2D eigenvalue weighted by atomic mass is 32.1. The Morgan fingerprint density at radius 2 is 1.49 bits per heavy atom. The van der Waals surface area contributed by atoms with E-state index in [0.717, 1.165) is 21.0 Å². The average molecular weight is 508 g/mol. The lowest BCUT2D eigenvalue weighted by Crippen LogP contribution is -2.14. The van der Waals surface area contributed by atoms with E-state index < -0.39 is 0 Å². The molecule has 1 aliphatic rings.